The Morgan fingerprint density at radius 3 is 2.88 bits per heavy atom. The van der Waals surface area contributed by atoms with Gasteiger partial charge >= 0.3 is 5.97 Å². The molecule has 0 amide bonds. The van der Waals surface area contributed by atoms with Gasteiger partial charge in [-0.15, -0.1) is 11.6 Å². The van der Waals surface area contributed by atoms with Crippen LogP contribution in [0.1, 0.15) is 22.3 Å². The van der Waals surface area contributed by atoms with Crippen LogP contribution in [-0.2, 0) is 0 Å². The number of hydrogen-bond acceptors (Lipinski definition) is 2. The van der Waals surface area contributed by atoms with Gasteiger partial charge in [-0.3, -0.25) is 0 Å². The van der Waals surface area contributed by atoms with E-state index in [2.05, 4.69) is 11.8 Å². The van der Waals surface area contributed by atoms with Crippen molar-refractivity contribution in [1.82, 2.24) is 0 Å². The minimum Gasteiger partial charge on any atom is -0.497 e. The number of benzene rings is 1. The van der Waals surface area contributed by atoms with Crippen LogP contribution < -0.4 is 4.74 Å². The second-order valence-corrected chi connectivity index (χ2v) is 3.34. The molecule has 0 saturated heterocycles. The third kappa shape index (κ3) is 3.18. The monoisotopic (exact) mass is 238 g/mol. The van der Waals surface area contributed by atoms with Crippen LogP contribution in [0, 0.1) is 11.8 Å². The van der Waals surface area contributed by atoms with Crippen molar-refractivity contribution in [2.75, 3.05) is 13.0 Å². The van der Waals surface area contributed by atoms with Gasteiger partial charge in [-0.05, 0) is 18.2 Å². The van der Waals surface area contributed by atoms with Gasteiger partial charge in [0.2, 0.25) is 0 Å². The molecule has 0 aliphatic carbocycles. The van der Waals surface area contributed by atoms with Gasteiger partial charge in [0, 0.05) is 17.9 Å². The highest BCUT2D eigenvalue weighted by Crippen LogP contribution is 2.17. The highest BCUT2D eigenvalue weighted by molar-refractivity contribution is 6.18. The van der Waals surface area contributed by atoms with E-state index in [1.807, 2.05) is 0 Å². The van der Waals surface area contributed by atoms with Gasteiger partial charge in [-0.25, -0.2) is 4.79 Å². The molecular formula is C12H11ClO3. The molecule has 0 saturated carbocycles. The van der Waals surface area contributed by atoms with Crippen molar-refractivity contribution in [3.05, 3.63) is 29.3 Å². The molecule has 0 atom stereocenters. The van der Waals surface area contributed by atoms with Gasteiger partial charge in [-0.1, -0.05) is 11.8 Å². The molecule has 1 aromatic carbocycles. The number of aromatic carboxylic acids is 1. The number of rotatable bonds is 3. The molecule has 4 heteroatoms. The van der Waals surface area contributed by atoms with Gasteiger partial charge in [0.1, 0.15) is 5.75 Å². The Bertz CT molecular complexity index is 443. The maximum atomic E-state index is 10.9. The number of carboxylic acid groups (broad SMARTS) is 1. The van der Waals surface area contributed by atoms with Crippen LogP contribution in [0.2, 0.25) is 0 Å². The molecule has 0 aliphatic heterocycles. The summed E-state index contributed by atoms with van der Waals surface area (Å²) >= 11 is 5.49. The molecule has 1 aromatic rings. The Morgan fingerprint density at radius 2 is 2.31 bits per heavy atom. The molecule has 0 aromatic heterocycles. The van der Waals surface area contributed by atoms with Gasteiger partial charge in [0.15, 0.2) is 0 Å². The summed E-state index contributed by atoms with van der Waals surface area (Å²) in [6.07, 6.45) is 0.526. The van der Waals surface area contributed by atoms with Crippen LogP contribution in [0.5, 0.6) is 5.75 Å². The second kappa shape index (κ2) is 6.04. The number of carboxylic acids is 1. The fraction of sp³-hybridized carbons (Fsp3) is 0.250. The van der Waals surface area contributed by atoms with Crippen LogP contribution in [0.15, 0.2) is 18.2 Å². The first-order chi connectivity index (χ1) is 7.69. The van der Waals surface area contributed by atoms with E-state index in [9.17, 15) is 4.79 Å². The van der Waals surface area contributed by atoms with Crippen molar-refractivity contribution < 1.29 is 14.6 Å². The molecule has 0 heterocycles. The number of carbonyl (C=O) groups is 1. The highest BCUT2D eigenvalue weighted by atomic mass is 35.5. The molecule has 1 N–H and O–H groups in total. The summed E-state index contributed by atoms with van der Waals surface area (Å²) in [4.78, 5) is 10.9. The summed E-state index contributed by atoms with van der Waals surface area (Å²) in [7, 11) is 1.52. The summed E-state index contributed by atoms with van der Waals surface area (Å²) in [6, 6.07) is 4.67. The van der Waals surface area contributed by atoms with Crippen LogP contribution in [0.4, 0.5) is 0 Å². The Morgan fingerprint density at radius 1 is 1.56 bits per heavy atom. The maximum absolute atomic E-state index is 10.9. The van der Waals surface area contributed by atoms with Crippen molar-refractivity contribution in [2.45, 2.75) is 6.42 Å². The summed E-state index contributed by atoms with van der Waals surface area (Å²) in [6.45, 7) is 0. The summed E-state index contributed by atoms with van der Waals surface area (Å²) in [5.74, 6) is 5.58. The standard InChI is InChI=1S/C12H11ClO3/c1-16-10-5-6-11(12(14)15)9(8-10)4-2-3-7-13/h5-6,8H,3,7H2,1H3,(H,14,15). The first-order valence-electron chi connectivity index (χ1n) is 4.65. The molecule has 1 rings (SSSR count). The molecule has 0 aliphatic rings. The Kier molecular flexibility index (Phi) is 4.68. The van der Waals surface area contributed by atoms with Crippen LogP contribution in [0.3, 0.4) is 0 Å². The summed E-state index contributed by atoms with van der Waals surface area (Å²) in [5.41, 5.74) is 0.611. The van der Waals surface area contributed by atoms with Crippen molar-refractivity contribution >= 4 is 17.6 Å². The maximum Gasteiger partial charge on any atom is 0.336 e. The number of halogens is 1. The number of hydrogen-bond donors (Lipinski definition) is 1. The molecule has 0 unspecified atom stereocenters. The quantitative estimate of drug-likeness (QED) is 0.650. The van der Waals surface area contributed by atoms with E-state index in [0.29, 0.717) is 23.6 Å². The number of alkyl halides is 1. The Hall–Kier alpha value is -1.66. The second-order valence-electron chi connectivity index (χ2n) is 2.96. The lowest BCUT2D eigenvalue weighted by atomic mass is 10.1. The van der Waals surface area contributed by atoms with E-state index >= 15 is 0 Å². The zero-order valence-electron chi connectivity index (χ0n) is 8.79. The van der Waals surface area contributed by atoms with E-state index in [4.69, 9.17) is 21.4 Å². The first kappa shape index (κ1) is 12.4. The molecule has 3 nitrogen and oxygen atoms in total. The minimum atomic E-state index is -1.00. The number of methoxy groups -OCH3 is 1. The lowest BCUT2D eigenvalue weighted by Gasteiger charge is -2.03. The third-order valence-electron chi connectivity index (χ3n) is 1.90. The van der Waals surface area contributed by atoms with E-state index in [0.717, 1.165) is 0 Å². The molecular weight excluding hydrogens is 228 g/mol. The van der Waals surface area contributed by atoms with Crippen LogP contribution in [0.25, 0.3) is 0 Å². The predicted molar refractivity (Wildman–Crippen MR) is 62.2 cm³/mol. The Balaban J connectivity index is 3.11. The van der Waals surface area contributed by atoms with Gasteiger partial charge in [0.05, 0.1) is 12.7 Å². The van der Waals surface area contributed by atoms with Crippen molar-refractivity contribution in [1.29, 1.82) is 0 Å². The molecule has 84 valence electrons. The predicted octanol–water partition coefficient (Wildman–Crippen LogP) is 2.37. The fourth-order valence-corrected chi connectivity index (χ4v) is 1.24. The minimum absolute atomic E-state index is 0.169. The molecule has 0 spiro atoms. The zero-order chi connectivity index (χ0) is 12.0. The summed E-state index contributed by atoms with van der Waals surface area (Å²) in [5, 5.41) is 8.95. The third-order valence-corrected chi connectivity index (χ3v) is 2.09. The lowest BCUT2D eigenvalue weighted by molar-refractivity contribution is 0.0696. The lowest BCUT2D eigenvalue weighted by Crippen LogP contribution is -2.00. The largest absolute Gasteiger partial charge is 0.497 e. The normalized spacial score (nSPS) is 9.12. The zero-order valence-corrected chi connectivity index (χ0v) is 9.54. The van der Waals surface area contributed by atoms with Crippen molar-refractivity contribution in [3.8, 4) is 17.6 Å². The van der Waals surface area contributed by atoms with Gasteiger partial charge < -0.3 is 9.84 Å². The highest BCUT2D eigenvalue weighted by Gasteiger charge is 2.08. The van der Waals surface area contributed by atoms with E-state index in [1.165, 1.54) is 13.2 Å². The van der Waals surface area contributed by atoms with Crippen LogP contribution >= 0.6 is 11.6 Å². The van der Waals surface area contributed by atoms with Crippen molar-refractivity contribution in [2.24, 2.45) is 0 Å². The molecule has 0 radical (unpaired) electrons. The van der Waals surface area contributed by atoms with E-state index < -0.39 is 5.97 Å². The van der Waals surface area contributed by atoms with Gasteiger partial charge in [-0.2, -0.15) is 0 Å². The van der Waals surface area contributed by atoms with Crippen molar-refractivity contribution in [3.63, 3.8) is 0 Å². The molecule has 0 bridgehead atoms. The SMILES string of the molecule is COc1ccc(C(=O)O)c(C#CCCCl)c1. The molecule has 16 heavy (non-hydrogen) atoms. The fourth-order valence-electron chi connectivity index (χ4n) is 1.15. The average molecular weight is 239 g/mol. The van der Waals surface area contributed by atoms with Gasteiger partial charge in [0.25, 0.3) is 0 Å². The van der Waals surface area contributed by atoms with Crippen LogP contribution in [-0.4, -0.2) is 24.1 Å². The smallest absolute Gasteiger partial charge is 0.336 e. The van der Waals surface area contributed by atoms with E-state index in [-0.39, 0.29) is 5.56 Å². The topological polar surface area (TPSA) is 46.5 Å². The Labute approximate surface area is 99.0 Å². The number of ether oxygens (including phenoxy) is 1. The van der Waals surface area contributed by atoms with E-state index in [1.54, 1.807) is 12.1 Å². The summed E-state index contributed by atoms with van der Waals surface area (Å²) < 4.78 is 5.01. The average Bonchev–Trinajstić information content (AvgIpc) is 2.29. The molecule has 0 fully saturated rings. The first-order valence-corrected chi connectivity index (χ1v) is 5.18.